The standard InChI is InChI=1S/C26H25N3O4S/c1-5-6-11-32-18-9-7-17(8-10-18)22-21-23(30)19-12-14(2)15(3)13-20(19)33-24(21)25(31)29(22)26-28-27-16(4)34-26/h7-10,12-13,22H,5-6,11H2,1-4H3. The summed E-state index contributed by atoms with van der Waals surface area (Å²) < 4.78 is 11.9. The number of amides is 1. The summed E-state index contributed by atoms with van der Waals surface area (Å²) in [4.78, 5) is 28.8. The lowest BCUT2D eigenvalue weighted by Crippen LogP contribution is -2.29. The Kier molecular flexibility index (Phi) is 5.69. The molecule has 2 aromatic heterocycles. The SMILES string of the molecule is CCCCOc1ccc(C2c3c(oc4cc(C)c(C)cc4c3=O)C(=O)N2c2nnc(C)s2)cc1. The van der Waals surface area contributed by atoms with Crippen LogP contribution in [0.5, 0.6) is 5.75 Å². The van der Waals surface area contributed by atoms with Gasteiger partial charge in [0, 0.05) is 0 Å². The first-order valence-electron chi connectivity index (χ1n) is 11.3. The Balaban J connectivity index is 1.68. The fourth-order valence-electron chi connectivity index (χ4n) is 4.20. The first-order chi connectivity index (χ1) is 16.4. The molecule has 1 atom stereocenters. The molecule has 4 aromatic rings. The number of aryl methyl sites for hydroxylation is 3. The Bertz CT molecular complexity index is 1460. The molecule has 0 aliphatic carbocycles. The highest BCUT2D eigenvalue weighted by Crippen LogP contribution is 2.42. The average molecular weight is 476 g/mol. The van der Waals surface area contributed by atoms with Crippen LogP contribution < -0.4 is 15.1 Å². The third kappa shape index (κ3) is 3.68. The van der Waals surface area contributed by atoms with Crippen molar-refractivity contribution < 1.29 is 13.9 Å². The first kappa shape index (κ1) is 22.3. The van der Waals surface area contributed by atoms with Gasteiger partial charge in [0.2, 0.25) is 10.9 Å². The third-order valence-electron chi connectivity index (χ3n) is 6.17. The van der Waals surface area contributed by atoms with E-state index < -0.39 is 11.9 Å². The van der Waals surface area contributed by atoms with E-state index >= 15 is 0 Å². The summed E-state index contributed by atoms with van der Waals surface area (Å²) >= 11 is 1.30. The van der Waals surface area contributed by atoms with Gasteiger partial charge in [-0.05, 0) is 68.1 Å². The maximum absolute atomic E-state index is 13.7. The van der Waals surface area contributed by atoms with Gasteiger partial charge in [0.25, 0.3) is 5.91 Å². The Hall–Kier alpha value is -3.52. The molecule has 174 valence electrons. The summed E-state index contributed by atoms with van der Waals surface area (Å²) in [5, 5.41) is 9.92. The zero-order valence-corrected chi connectivity index (χ0v) is 20.4. The predicted molar refractivity (Wildman–Crippen MR) is 132 cm³/mol. The number of hydrogen-bond acceptors (Lipinski definition) is 7. The second-order valence-corrected chi connectivity index (χ2v) is 9.72. The van der Waals surface area contributed by atoms with E-state index in [0.29, 0.717) is 28.3 Å². The lowest BCUT2D eigenvalue weighted by molar-refractivity contribution is 0.0970. The molecular formula is C26H25N3O4S. The molecule has 2 aromatic carbocycles. The van der Waals surface area contributed by atoms with Gasteiger partial charge in [-0.2, -0.15) is 0 Å². The van der Waals surface area contributed by atoms with Gasteiger partial charge in [-0.3, -0.25) is 14.5 Å². The summed E-state index contributed by atoms with van der Waals surface area (Å²) in [6.45, 7) is 8.49. The van der Waals surface area contributed by atoms with E-state index in [0.717, 1.165) is 40.3 Å². The fourth-order valence-corrected chi connectivity index (χ4v) is 4.92. The summed E-state index contributed by atoms with van der Waals surface area (Å²) in [7, 11) is 0. The molecule has 0 saturated heterocycles. The monoisotopic (exact) mass is 475 g/mol. The fraction of sp³-hybridized carbons (Fsp3) is 0.308. The van der Waals surface area contributed by atoms with Gasteiger partial charge in [-0.15, -0.1) is 10.2 Å². The van der Waals surface area contributed by atoms with Crippen LogP contribution in [0, 0.1) is 20.8 Å². The molecule has 3 heterocycles. The van der Waals surface area contributed by atoms with Crippen molar-refractivity contribution >= 4 is 33.3 Å². The van der Waals surface area contributed by atoms with Crippen LogP contribution >= 0.6 is 11.3 Å². The lowest BCUT2D eigenvalue weighted by atomic mass is 9.97. The molecule has 7 nitrogen and oxygen atoms in total. The van der Waals surface area contributed by atoms with Gasteiger partial charge < -0.3 is 9.15 Å². The van der Waals surface area contributed by atoms with Crippen LogP contribution in [-0.2, 0) is 0 Å². The van der Waals surface area contributed by atoms with Crippen molar-refractivity contribution in [1.29, 1.82) is 0 Å². The quantitative estimate of drug-likeness (QED) is 0.342. The Morgan fingerprint density at radius 2 is 1.79 bits per heavy atom. The molecule has 0 saturated carbocycles. The minimum absolute atomic E-state index is 0.0573. The van der Waals surface area contributed by atoms with Crippen LogP contribution in [0.3, 0.4) is 0 Å². The number of rotatable bonds is 6. The molecular weight excluding hydrogens is 450 g/mol. The number of aromatic nitrogens is 2. The van der Waals surface area contributed by atoms with Gasteiger partial charge in [0.15, 0.2) is 5.43 Å². The molecule has 0 fully saturated rings. The van der Waals surface area contributed by atoms with Crippen molar-refractivity contribution in [2.24, 2.45) is 0 Å². The molecule has 0 bridgehead atoms. The largest absolute Gasteiger partial charge is 0.494 e. The minimum Gasteiger partial charge on any atom is -0.494 e. The van der Waals surface area contributed by atoms with E-state index in [9.17, 15) is 9.59 Å². The number of anilines is 1. The number of carbonyl (C=O) groups excluding carboxylic acids is 1. The van der Waals surface area contributed by atoms with Gasteiger partial charge in [-0.25, -0.2) is 0 Å². The maximum atomic E-state index is 13.7. The molecule has 5 rings (SSSR count). The van der Waals surface area contributed by atoms with Crippen molar-refractivity contribution in [1.82, 2.24) is 10.2 Å². The number of hydrogen-bond donors (Lipinski definition) is 0. The smallest absolute Gasteiger partial charge is 0.297 e. The number of carbonyl (C=O) groups is 1. The van der Waals surface area contributed by atoms with Crippen molar-refractivity contribution in [3.8, 4) is 5.75 Å². The molecule has 1 aliphatic heterocycles. The molecule has 34 heavy (non-hydrogen) atoms. The number of benzene rings is 2. The molecule has 0 radical (unpaired) electrons. The van der Waals surface area contributed by atoms with Crippen molar-refractivity contribution in [3.63, 3.8) is 0 Å². The number of nitrogens with zero attached hydrogens (tertiary/aromatic N) is 3. The minimum atomic E-state index is -0.665. The molecule has 1 aliphatic rings. The Morgan fingerprint density at radius 1 is 1.06 bits per heavy atom. The molecule has 1 amide bonds. The van der Waals surface area contributed by atoms with E-state index in [2.05, 4.69) is 17.1 Å². The van der Waals surface area contributed by atoms with Crippen molar-refractivity contribution in [3.05, 3.63) is 79.6 Å². The first-order valence-corrected chi connectivity index (χ1v) is 12.1. The summed E-state index contributed by atoms with van der Waals surface area (Å²) in [6.07, 6.45) is 2.03. The molecule has 1 unspecified atom stereocenters. The van der Waals surface area contributed by atoms with Gasteiger partial charge in [-0.1, -0.05) is 36.8 Å². The second kappa shape index (κ2) is 8.68. The normalized spacial score (nSPS) is 15.2. The number of ether oxygens (including phenoxy) is 1. The van der Waals surface area contributed by atoms with Crippen molar-refractivity contribution in [2.75, 3.05) is 11.5 Å². The van der Waals surface area contributed by atoms with E-state index in [4.69, 9.17) is 9.15 Å². The van der Waals surface area contributed by atoms with Gasteiger partial charge in [0.1, 0.15) is 16.3 Å². The van der Waals surface area contributed by atoms with Crippen LogP contribution in [0.1, 0.15) is 63.6 Å². The van der Waals surface area contributed by atoms with E-state index in [1.165, 1.54) is 16.2 Å². The van der Waals surface area contributed by atoms with Crippen LogP contribution in [0.4, 0.5) is 5.13 Å². The topological polar surface area (TPSA) is 85.5 Å². The van der Waals surface area contributed by atoms with Gasteiger partial charge in [0.05, 0.1) is 23.6 Å². The van der Waals surface area contributed by atoms with Crippen LogP contribution in [-0.4, -0.2) is 22.7 Å². The average Bonchev–Trinajstić information content (AvgIpc) is 3.37. The molecule has 8 heteroatoms. The second-order valence-electron chi connectivity index (χ2n) is 8.56. The van der Waals surface area contributed by atoms with Crippen LogP contribution in [0.25, 0.3) is 11.0 Å². The highest BCUT2D eigenvalue weighted by atomic mass is 32.1. The third-order valence-corrected chi connectivity index (χ3v) is 7.01. The summed E-state index contributed by atoms with van der Waals surface area (Å²) in [6, 6.07) is 10.5. The zero-order chi connectivity index (χ0) is 24.0. The molecule has 0 spiro atoms. The van der Waals surface area contributed by atoms with E-state index in [-0.39, 0.29) is 11.2 Å². The summed E-state index contributed by atoms with van der Waals surface area (Å²) in [5.74, 6) is 0.412. The lowest BCUT2D eigenvalue weighted by Gasteiger charge is -2.22. The summed E-state index contributed by atoms with van der Waals surface area (Å²) in [5.41, 5.74) is 3.30. The number of fused-ring (bicyclic) bond motifs is 2. The van der Waals surface area contributed by atoms with Gasteiger partial charge >= 0.3 is 0 Å². The number of unbranched alkanes of at least 4 members (excludes halogenated alkanes) is 1. The van der Waals surface area contributed by atoms with Crippen LogP contribution in [0.15, 0.2) is 45.6 Å². The van der Waals surface area contributed by atoms with Crippen LogP contribution in [0.2, 0.25) is 0 Å². The Labute approximate surface area is 201 Å². The maximum Gasteiger partial charge on any atom is 0.297 e. The Morgan fingerprint density at radius 3 is 2.47 bits per heavy atom. The van der Waals surface area contributed by atoms with Crippen molar-refractivity contribution in [2.45, 2.75) is 46.6 Å². The predicted octanol–water partition coefficient (Wildman–Crippen LogP) is 5.50. The highest BCUT2D eigenvalue weighted by Gasteiger charge is 2.45. The van der Waals surface area contributed by atoms with E-state index in [1.807, 2.05) is 57.2 Å². The zero-order valence-electron chi connectivity index (χ0n) is 19.5. The molecule has 0 N–H and O–H groups in total. The highest BCUT2D eigenvalue weighted by molar-refractivity contribution is 7.15. The van der Waals surface area contributed by atoms with E-state index in [1.54, 1.807) is 0 Å².